The molecule has 6 rings (SSSR count). The summed E-state index contributed by atoms with van der Waals surface area (Å²) in [5.74, 6) is 0. The Morgan fingerprint density at radius 3 is 0.783 bits per heavy atom. The average molecular weight is 801 g/mol. The first-order valence-electron chi connectivity index (χ1n) is 21.0. The van der Waals surface area contributed by atoms with Crippen LogP contribution in [0.3, 0.4) is 0 Å². The number of rotatable bonds is 26. The summed E-state index contributed by atoms with van der Waals surface area (Å²) in [4.78, 5) is 0. The van der Waals surface area contributed by atoms with Crippen molar-refractivity contribution in [2.45, 2.75) is 26.4 Å². The van der Waals surface area contributed by atoms with Gasteiger partial charge in [-0.3, -0.25) is 0 Å². The van der Waals surface area contributed by atoms with Crippen molar-refractivity contribution in [1.82, 2.24) is 16.0 Å². The highest BCUT2D eigenvalue weighted by molar-refractivity contribution is 6.81. The topological polar surface area (TPSA) is 82.2 Å². The second kappa shape index (κ2) is 25.1. The maximum absolute atomic E-state index is 6.43. The molecule has 0 aliphatic heterocycles. The summed E-state index contributed by atoms with van der Waals surface area (Å²) in [6, 6.07) is 54.9. The molecule has 0 bridgehead atoms. The molecule has 0 radical (unpaired) electrons. The van der Waals surface area contributed by atoms with Crippen molar-refractivity contribution in [3.8, 4) is 0 Å². The van der Waals surface area contributed by atoms with Crippen LogP contribution in [0.25, 0.3) is 0 Å². The molecule has 6 aromatic carbocycles. The van der Waals surface area contributed by atoms with Crippen LogP contribution in [0.15, 0.2) is 158 Å². The molecule has 0 aromatic heterocycles. The molecule has 60 heavy (non-hydrogen) atoms. The molecular weight excluding hydrogens is 743 g/mol. The Labute approximate surface area is 358 Å². The Kier molecular flexibility index (Phi) is 18.7. The number of hydrogen-bond acceptors (Lipinski definition) is 8. The summed E-state index contributed by atoms with van der Waals surface area (Å²) in [6.07, 6.45) is 0. The second-order valence-corrected chi connectivity index (χ2v) is 14.8. The molecule has 0 amide bonds. The molecule has 0 aliphatic carbocycles. The highest BCUT2D eigenvalue weighted by Gasteiger charge is 2.23. The van der Waals surface area contributed by atoms with E-state index in [9.17, 15) is 0 Å². The van der Waals surface area contributed by atoms with Crippen molar-refractivity contribution >= 4 is 53.5 Å². The van der Waals surface area contributed by atoms with Crippen LogP contribution in [-0.4, -0.2) is 81.3 Å². The van der Waals surface area contributed by atoms with Crippen molar-refractivity contribution in [3.05, 3.63) is 180 Å². The van der Waals surface area contributed by atoms with Gasteiger partial charge in [0.25, 0.3) is 0 Å². The lowest BCUT2D eigenvalue weighted by Crippen LogP contribution is -2.46. The summed E-state index contributed by atoms with van der Waals surface area (Å²) >= 11 is 0. The van der Waals surface area contributed by atoms with Gasteiger partial charge in [-0.2, -0.15) is 0 Å². The van der Waals surface area contributed by atoms with Gasteiger partial charge in [-0.25, -0.2) is 0 Å². The zero-order valence-corrected chi connectivity index (χ0v) is 35.4. The van der Waals surface area contributed by atoms with Crippen LogP contribution in [-0.2, 0) is 49.9 Å². The van der Waals surface area contributed by atoms with E-state index in [4.69, 9.17) is 23.4 Å². The lowest BCUT2D eigenvalue weighted by Gasteiger charge is -2.17. The number of hydrogen-bond donors (Lipinski definition) is 3. The largest absolute Gasteiger partial charge is 0.426 e. The van der Waals surface area contributed by atoms with Gasteiger partial charge in [-0.15, -0.1) is 0 Å². The fourth-order valence-corrected chi connectivity index (χ4v) is 6.97. The number of nitrogens with one attached hydrogen (secondary N) is 3. The van der Waals surface area contributed by atoms with Crippen molar-refractivity contribution in [2.24, 2.45) is 0 Å². The SMILES string of the molecule is CNCCOB(c1ccccc1)c1ccc(COCc2ccc(B(OCCNC)c3ccc(COCc4ccc(B(OCCNC)c5ccccc5)cc4)cc3)cc2)cc1. The number of likely N-dealkylation sites (N-methyl/N-ethyl adjacent to an activating group) is 3. The smallest absolute Gasteiger partial charge is 0.361 e. The van der Waals surface area contributed by atoms with E-state index in [-0.39, 0.29) is 20.7 Å². The monoisotopic (exact) mass is 801 g/mol. The third-order valence-electron chi connectivity index (χ3n) is 10.3. The Morgan fingerprint density at radius 1 is 0.317 bits per heavy atom. The highest BCUT2D eigenvalue weighted by atomic mass is 16.5. The third-order valence-corrected chi connectivity index (χ3v) is 10.3. The molecule has 0 atom stereocenters. The van der Waals surface area contributed by atoms with Crippen LogP contribution in [0.5, 0.6) is 0 Å². The highest BCUT2D eigenvalue weighted by Crippen LogP contribution is 2.09. The van der Waals surface area contributed by atoms with Crippen LogP contribution < -0.4 is 48.7 Å². The first-order chi connectivity index (χ1) is 29.6. The Morgan fingerprint density at radius 2 is 0.550 bits per heavy atom. The predicted octanol–water partition coefficient (Wildman–Crippen LogP) is 3.15. The maximum atomic E-state index is 6.43. The van der Waals surface area contributed by atoms with Gasteiger partial charge >= 0.3 is 20.7 Å². The lowest BCUT2D eigenvalue weighted by molar-refractivity contribution is 0.107. The zero-order valence-electron chi connectivity index (χ0n) is 35.4. The van der Waals surface area contributed by atoms with Crippen LogP contribution >= 0.6 is 0 Å². The number of ether oxygens (including phenoxy) is 2. The van der Waals surface area contributed by atoms with Gasteiger partial charge in [0.15, 0.2) is 0 Å². The van der Waals surface area contributed by atoms with E-state index in [1.807, 2.05) is 33.3 Å². The van der Waals surface area contributed by atoms with Crippen molar-refractivity contribution < 1.29 is 23.4 Å². The third kappa shape index (κ3) is 13.9. The van der Waals surface area contributed by atoms with Crippen LogP contribution in [0.4, 0.5) is 0 Å². The first kappa shape index (κ1) is 44.7. The van der Waals surface area contributed by atoms with Gasteiger partial charge < -0.3 is 39.4 Å². The predicted molar refractivity (Wildman–Crippen MR) is 250 cm³/mol. The van der Waals surface area contributed by atoms with E-state index in [0.717, 1.165) is 74.7 Å². The Balaban J connectivity index is 0.997. The van der Waals surface area contributed by atoms with Crippen LogP contribution in [0.2, 0.25) is 0 Å². The summed E-state index contributed by atoms with van der Waals surface area (Å²) in [6.45, 7) is 5.90. The van der Waals surface area contributed by atoms with Gasteiger partial charge in [0.05, 0.1) is 26.4 Å². The molecule has 3 N–H and O–H groups in total. The molecule has 0 fully saturated rings. The van der Waals surface area contributed by atoms with Crippen molar-refractivity contribution in [1.29, 1.82) is 0 Å². The van der Waals surface area contributed by atoms with Gasteiger partial charge in [-0.1, -0.05) is 158 Å². The molecule has 308 valence electrons. The van der Waals surface area contributed by atoms with Crippen molar-refractivity contribution in [2.75, 3.05) is 60.6 Å². The molecule has 0 heterocycles. The van der Waals surface area contributed by atoms with Crippen molar-refractivity contribution in [3.63, 3.8) is 0 Å². The van der Waals surface area contributed by atoms with E-state index >= 15 is 0 Å². The van der Waals surface area contributed by atoms with E-state index in [0.29, 0.717) is 46.2 Å². The summed E-state index contributed by atoms with van der Waals surface area (Å²) in [5.41, 5.74) is 11.2. The average Bonchev–Trinajstić information content (AvgIpc) is 3.30. The van der Waals surface area contributed by atoms with Crippen LogP contribution in [0.1, 0.15) is 22.3 Å². The maximum Gasteiger partial charge on any atom is 0.361 e. The molecule has 0 spiro atoms. The molecule has 8 nitrogen and oxygen atoms in total. The van der Waals surface area contributed by atoms with E-state index in [1.165, 1.54) is 0 Å². The van der Waals surface area contributed by atoms with E-state index in [1.54, 1.807) is 0 Å². The standard InChI is InChI=1S/C49H58B3N3O5/c1-53-30-33-58-50(44-10-6-4-7-11-44)46-22-14-40(15-23-46)36-56-38-42-18-26-48(27-19-42)52(60-35-32-55-3)49-28-20-43(21-29-49)39-57-37-41-16-24-47(25-17-41)51(59-34-31-54-2)45-12-8-5-9-13-45/h4-29,53-55H,30-39H2,1-3H3. The van der Waals surface area contributed by atoms with Crippen LogP contribution in [0, 0.1) is 0 Å². The Hall–Kier alpha value is -4.81. The molecule has 11 heteroatoms. The van der Waals surface area contributed by atoms with Gasteiger partial charge in [0.1, 0.15) is 0 Å². The minimum atomic E-state index is -0.191. The van der Waals surface area contributed by atoms with Gasteiger partial charge in [-0.05, 0) is 76.2 Å². The first-order valence-corrected chi connectivity index (χ1v) is 21.0. The molecule has 6 aromatic rings. The molecule has 0 saturated heterocycles. The second-order valence-electron chi connectivity index (χ2n) is 14.8. The Bertz CT molecular complexity index is 1920. The zero-order chi connectivity index (χ0) is 41.6. The summed E-state index contributed by atoms with van der Waals surface area (Å²) in [5, 5.41) is 9.52. The quantitative estimate of drug-likeness (QED) is 0.0571. The van der Waals surface area contributed by atoms with E-state index in [2.05, 4.69) is 162 Å². The molecular formula is C49H58B3N3O5. The minimum absolute atomic E-state index is 0.111. The fourth-order valence-electron chi connectivity index (χ4n) is 6.97. The molecule has 0 unspecified atom stereocenters. The van der Waals surface area contributed by atoms with Gasteiger partial charge in [0, 0.05) is 39.5 Å². The summed E-state index contributed by atoms with van der Waals surface area (Å²) < 4.78 is 31.3. The minimum Gasteiger partial charge on any atom is -0.426 e. The fraction of sp³-hybridized carbons (Fsp3) is 0.265. The summed E-state index contributed by atoms with van der Waals surface area (Å²) in [7, 11) is 5.82. The molecule has 0 aliphatic rings. The number of benzene rings is 6. The van der Waals surface area contributed by atoms with E-state index < -0.39 is 0 Å². The molecule has 0 saturated carbocycles. The van der Waals surface area contributed by atoms with Gasteiger partial charge in [0.2, 0.25) is 0 Å². The lowest BCUT2D eigenvalue weighted by atomic mass is 9.55. The normalized spacial score (nSPS) is 11.1.